The number of halogens is 1. The number of rotatable bonds is 8. The van der Waals surface area contributed by atoms with E-state index in [0.717, 1.165) is 32.5 Å². The maximum absolute atomic E-state index is 12.7. The summed E-state index contributed by atoms with van der Waals surface area (Å²) in [5.74, 6) is 2.11. The lowest BCUT2D eigenvalue weighted by Crippen LogP contribution is -2.27. The Morgan fingerprint density at radius 1 is 1.00 bits per heavy atom. The molecule has 0 spiro atoms. The third-order valence-electron chi connectivity index (χ3n) is 4.69. The fraction of sp³-hybridized carbons (Fsp3) is 0.208. The van der Waals surface area contributed by atoms with E-state index in [2.05, 4.69) is 5.32 Å². The Morgan fingerprint density at radius 2 is 1.70 bits per heavy atom. The SMILES string of the molecule is COc1ccc(OC)c([C@@H](C)NC(=O)c2ccc(CSc3ccc(Cl)cc3)cc2)c1. The largest absolute Gasteiger partial charge is 0.497 e. The zero-order chi connectivity index (χ0) is 21.5. The molecule has 0 fully saturated rings. The summed E-state index contributed by atoms with van der Waals surface area (Å²) in [5.41, 5.74) is 2.62. The molecule has 0 heterocycles. The van der Waals surface area contributed by atoms with E-state index in [1.807, 2.05) is 73.7 Å². The lowest BCUT2D eigenvalue weighted by molar-refractivity contribution is 0.0939. The minimum Gasteiger partial charge on any atom is -0.497 e. The minimum absolute atomic E-state index is 0.135. The van der Waals surface area contributed by atoms with Crippen molar-refractivity contribution in [3.8, 4) is 11.5 Å². The molecule has 0 unspecified atom stereocenters. The third kappa shape index (κ3) is 5.71. The number of hydrogen-bond donors (Lipinski definition) is 1. The molecule has 30 heavy (non-hydrogen) atoms. The van der Waals surface area contributed by atoms with Gasteiger partial charge in [-0.1, -0.05) is 23.7 Å². The zero-order valence-electron chi connectivity index (χ0n) is 17.1. The topological polar surface area (TPSA) is 47.6 Å². The summed E-state index contributed by atoms with van der Waals surface area (Å²) in [6.45, 7) is 1.92. The summed E-state index contributed by atoms with van der Waals surface area (Å²) >= 11 is 7.65. The fourth-order valence-electron chi connectivity index (χ4n) is 2.99. The Bertz CT molecular complexity index is 990. The molecular weight excluding hydrogens is 418 g/mol. The highest BCUT2D eigenvalue weighted by Crippen LogP contribution is 2.29. The summed E-state index contributed by atoms with van der Waals surface area (Å²) in [4.78, 5) is 13.9. The monoisotopic (exact) mass is 441 g/mol. The van der Waals surface area contributed by atoms with E-state index in [1.54, 1.807) is 26.0 Å². The van der Waals surface area contributed by atoms with Crippen molar-refractivity contribution in [3.63, 3.8) is 0 Å². The van der Waals surface area contributed by atoms with Crippen LogP contribution in [0.2, 0.25) is 5.02 Å². The number of carbonyl (C=O) groups is 1. The van der Waals surface area contributed by atoms with Crippen LogP contribution in [0, 0.1) is 0 Å². The molecule has 0 bridgehead atoms. The molecule has 0 aliphatic rings. The first-order valence-electron chi connectivity index (χ1n) is 9.50. The molecule has 156 valence electrons. The number of methoxy groups -OCH3 is 2. The number of ether oxygens (including phenoxy) is 2. The molecule has 1 atom stereocenters. The molecule has 3 rings (SSSR count). The van der Waals surface area contributed by atoms with Crippen molar-refractivity contribution < 1.29 is 14.3 Å². The molecule has 3 aromatic carbocycles. The number of nitrogens with one attached hydrogen (secondary N) is 1. The van der Waals surface area contributed by atoms with Crippen LogP contribution in [0.1, 0.15) is 34.5 Å². The van der Waals surface area contributed by atoms with Crippen LogP contribution in [-0.4, -0.2) is 20.1 Å². The van der Waals surface area contributed by atoms with E-state index in [0.29, 0.717) is 11.3 Å². The van der Waals surface area contributed by atoms with Crippen molar-refractivity contribution in [1.29, 1.82) is 0 Å². The summed E-state index contributed by atoms with van der Waals surface area (Å²) < 4.78 is 10.7. The molecule has 1 amide bonds. The summed E-state index contributed by atoms with van der Waals surface area (Å²) in [6.07, 6.45) is 0. The van der Waals surface area contributed by atoms with Gasteiger partial charge in [0, 0.05) is 26.8 Å². The number of thioether (sulfide) groups is 1. The van der Waals surface area contributed by atoms with Gasteiger partial charge in [-0.3, -0.25) is 4.79 Å². The van der Waals surface area contributed by atoms with Gasteiger partial charge in [0.15, 0.2) is 0 Å². The van der Waals surface area contributed by atoms with Crippen molar-refractivity contribution in [2.75, 3.05) is 14.2 Å². The second kappa shape index (κ2) is 10.4. The summed E-state index contributed by atoms with van der Waals surface area (Å²) in [6, 6.07) is 20.7. The highest BCUT2D eigenvalue weighted by molar-refractivity contribution is 7.98. The molecule has 0 aliphatic heterocycles. The number of amides is 1. The van der Waals surface area contributed by atoms with Crippen LogP contribution >= 0.6 is 23.4 Å². The minimum atomic E-state index is -0.234. The Labute approximate surface area is 186 Å². The third-order valence-corrected chi connectivity index (χ3v) is 6.02. The second-order valence-electron chi connectivity index (χ2n) is 6.74. The first-order valence-corrected chi connectivity index (χ1v) is 10.9. The quantitative estimate of drug-likeness (QED) is 0.426. The predicted octanol–water partition coefficient (Wildman–Crippen LogP) is 6.14. The van der Waals surface area contributed by atoms with Gasteiger partial charge in [0.05, 0.1) is 20.3 Å². The van der Waals surface area contributed by atoms with Gasteiger partial charge in [-0.2, -0.15) is 0 Å². The lowest BCUT2D eigenvalue weighted by Gasteiger charge is -2.18. The van der Waals surface area contributed by atoms with E-state index >= 15 is 0 Å². The Hall–Kier alpha value is -2.63. The maximum atomic E-state index is 12.7. The van der Waals surface area contributed by atoms with Crippen LogP contribution in [-0.2, 0) is 5.75 Å². The van der Waals surface area contributed by atoms with Crippen molar-refractivity contribution in [1.82, 2.24) is 5.32 Å². The van der Waals surface area contributed by atoms with Gasteiger partial charge in [0.1, 0.15) is 11.5 Å². The zero-order valence-corrected chi connectivity index (χ0v) is 18.7. The van der Waals surface area contributed by atoms with E-state index in [1.165, 1.54) is 0 Å². The number of benzene rings is 3. The van der Waals surface area contributed by atoms with Crippen LogP contribution in [0.4, 0.5) is 0 Å². The Balaban J connectivity index is 1.62. The van der Waals surface area contributed by atoms with Crippen molar-refractivity contribution in [3.05, 3.63) is 88.4 Å². The summed E-state index contributed by atoms with van der Waals surface area (Å²) in [5, 5.41) is 3.76. The molecule has 0 saturated heterocycles. The van der Waals surface area contributed by atoms with Gasteiger partial charge in [-0.25, -0.2) is 0 Å². The maximum Gasteiger partial charge on any atom is 0.251 e. The average Bonchev–Trinajstić information content (AvgIpc) is 2.78. The smallest absolute Gasteiger partial charge is 0.251 e. The van der Waals surface area contributed by atoms with Gasteiger partial charge in [-0.05, 0) is 67.1 Å². The van der Waals surface area contributed by atoms with Crippen molar-refractivity contribution in [2.24, 2.45) is 0 Å². The lowest BCUT2D eigenvalue weighted by atomic mass is 10.1. The Morgan fingerprint density at radius 3 is 2.33 bits per heavy atom. The van der Waals surface area contributed by atoms with Gasteiger partial charge >= 0.3 is 0 Å². The second-order valence-corrected chi connectivity index (χ2v) is 8.23. The molecule has 6 heteroatoms. The molecule has 1 N–H and O–H groups in total. The highest BCUT2D eigenvalue weighted by atomic mass is 35.5. The molecule has 3 aromatic rings. The molecule has 0 radical (unpaired) electrons. The molecular formula is C24H24ClNO3S. The van der Waals surface area contributed by atoms with Crippen LogP contribution in [0.25, 0.3) is 0 Å². The van der Waals surface area contributed by atoms with Crippen LogP contribution in [0.5, 0.6) is 11.5 Å². The first-order chi connectivity index (χ1) is 14.5. The molecule has 0 saturated carbocycles. The Kier molecular flexibility index (Phi) is 7.66. The van der Waals surface area contributed by atoms with Gasteiger partial charge in [0.2, 0.25) is 0 Å². The van der Waals surface area contributed by atoms with Crippen molar-refractivity contribution in [2.45, 2.75) is 23.6 Å². The van der Waals surface area contributed by atoms with Gasteiger partial charge in [-0.15, -0.1) is 11.8 Å². The van der Waals surface area contributed by atoms with Crippen LogP contribution < -0.4 is 14.8 Å². The van der Waals surface area contributed by atoms with Crippen molar-refractivity contribution >= 4 is 29.3 Å². The van der Waals surface area contributed by atoms with Crippen LogP contribution in [0.3, 0.4) is 0 Å². The molecule has 4 nitrogen and oxygen atoms in total. The number of hydrogen-bond acceptors (Lipinski definition) is 4. The standard InChI is InChI=1S/C24H24ClNO3S/c1-16(22-14-20(28-2)10-13-23(22)29-3)26-24(27)18-6-4-17(5-7-18)15-30-21-11-8-19(25)9-12-21/h4-14,16H,15H2,1-3H3,(H,26,27)/t16-/m1/s1. The van der Waals surface area contributed by atoms with E-state index < -0.39 is 0 Å². The number of carbonyl (C=O) groups excluding carboxylic acids is 1. The average molecular weight is 442 g/mol. The van der Waals surface area contributed by atoms with Gasteiger partial charge in [0.25, 0.3) is 5.91 Å². The predicted molar refractivity (Wildman–Crippen MR) is 123 cm³/mol. The van der Waals surface area contributed by atoms with E-state index in [9.17, 15) is 4.79 Å². The molecule has 0 aliphatic carbocycles. The highest BCUT2D eigenvalue weighted by Gasteiger charge is 2.16. The normalized spacial score (nSPS) is 11.6. The van der Waals surface area contributed by atoms with E-state index in [-0.39, 0.29) is 11.9 Å². The van der Waals surface area contributed by atoms with Gasteiger partial charge < -0.3 is 14.8 Å². The molecule has 0 aromatic heterocycles. The fourth-order valence-corrected chi connectivity index (χ4v) is 3.97. The van der Waals surface area contributed by atoms with E-state index in [4.69, 9.17) is 21.1 Å². The first kappa shape index (κ1) is 22.1. The summed E-state index contributed by atoms with van der Waals surface area (Å²) in [7, 11) is 3.22. The van der Waals surface area contributed by atoms with Crippen LogP contribution in [0.15, 0.2) is 71.6 Å².